The SMILES string of the molecule is CCOc1ccc(C(=O)O[C@H](C)C(=O)Nc2ccc(Cl)cn2)cc1. The van der Waals surface area contributed by atoms with Crippen molar-refractivity contribution in [1.29, 1.82) is 0 Å². The van der Waals surface area contributed by atoms with Crippen LogP contribution in [0.4, 0.5) is 5.82 Å². The van der Waals surface area contributed by atoms with Gasteiger partial charge in [0.05, 0.1) is 17.2 Å². The lowest BCUT2D eigenvalue weighted by Crippen LogP contribution is -2.30. The lowest BCUT2D eigenvalue weighted by Gasteiger charge is -2.13. The molecular weight excluding hydrogens is 332 g/mol. The summed E-state index contributed by atoms with van der Waals surface area (Å²) in [7, 11) is 0. The molecule has 7 heteroatoms. The van der Waals surface area contributed by atoms with E-state index < -0.39 is 18.0 Å². The minimum Gasteiger partial charge on any atom is -0.494 e. The summed E-state index contributed by atoms with van der Waals surface area (Å²) >= 11 is 5.72. The highest BCUT2D eigenvalue weighted by molar-refractivity contribution is 6.30. The minimum absolute atomic E-state index is 0.327. The maximum atomic E-state index is 12.0. The predicted octanol–water partition coefficient (Wildman–Crippen LogP) is 3.32. The maximum Gasteiger partial charge on any atom is 0.338 e. The Hall–Kier alpha value is -2.60. The highest BCUT2D eigenvalue weighted by atomic mass is 35.5. The number of halogens is 1. The molecule has 0 aliphatic rings. The normalized spacial score (nSPS) is 11.5. The Morgan fingerprint density at radius 3 is 2.50 bits per heavy atom. The molecule has 0 aliphatic heterocycles. The molecule has 0 spiro atoms. The first-order valence-electron chi connectivity index (χ1n) is 7.36. The van der Waals surface area contributed by atoms with E-state index in [4.69, 9.17) is 21.1 Å². The fourth-order valence-corrected chi connectivity index (χ4v) is 1.93. The second kappa shape index (κ2) is 8.31. The number of nitrogens with zero attached hydrogens (tertiary/aromatic N) is 1. The Kier molecular flexibility index (Phi) is 6.14. The molecule has 0 fully saturated rings. The van der Waals surface area contributed by atoms with Gasteiger partial charge in [0, 0.05) is 6.20 Å². The molecule has 24 heavy (non-hydrogen) atoms. The van der Waals surface area contributed by atoms with E-state index >= 15 is 0 Å². The van der Waals surface area contributed by atoms with E-state index in [1.165, 1.54) is 13.1 Å². The molecule has 0 unspecified atom stereocenters. The van der Waals surface area contributed by atoms with Crippen LogP contribution in [0.1, 0.15) is 24.2 Å². The first kappa shape index (κ1) is 17.7. The Morgan fingerprint density at radius 1 is 1.21 bits per heavy atom. The van der Waals surface area contributed by atoms with Crippen LogP contribution in [-0.2, 0) is 9.53 Å². The molecule has 1 aromatic carbocycles. The zero-order valence-electron chi connectivity index (χ0n) is 13.3. The van der Waals surface area contributed by atoms with Crippen LogP contribution in [0.2, 0.25) is 5.02 Å². The molecule has 1 N–H and O–H groups in total. The monoisotopic (exact) mass is 348 g/mol. The molecule has 1 amide bonds. The van der Waals surface area contributed by atoms with Gasteiger partial charge in [-0.05, 0) is 50.2 Å². The van der Waals surface area contributed by atoms with Gasteiger partial charge < -0.3 is 14.8 Å². The van der Waals surface area contributed by atoms with Crippen LogP contribution in [0.3, 0.4) is 0 Å². The van der Waals surface area contributed by atoms with Crippen LogP contribution >= 0.6 is 11.6 Å². The number of carbonyl (C=O) groups excluding carboxylic acids is 2. The number of rotatable bonds is 6. The molecule has 1 atom stereocenters. The Morgan fingerprint density at radius 2 is 1.92 bits per heavy atom. The topological polar surface area (TPSA) is 77.5 Å². The van der Waals surface area contributed by atoms with Crippen molar-refractivity contribution < 1.29 is 19.1 Å². The summed E-state index contributed by atoms with van der Waals surface area (Å²) in [4.78, 5) is 28.0. The first-order chi connectivity index (χ1) is 11.5. The van der Waals surface area contributed by atoms with Crippen LogP contribution in [-0.4, -0.2) is 29.6 Å². The molecule has 1 heterocycles. The number of carbonyl (C=O) groups is 2. The number of hydrogen-bond acceptors (Lipinski definition) is 5. The lowest BCUT2D eigenvalue weighted by atomic mass is 10.2. The maximum absolute atomic E-state index is 12.0. The van der Waals surface area contributed by atoms with E-state index in [0.29, 0.717) is 28.8 Å². The van der Waals surface area contributed by atoms with Gasteiger partial charge in [-0.1, -0.05) is 11.6 Å². The van der Waals surface area contributed by atoms with Gasteiger partial charge in [0.25, 0.3) is 5.91 Å². The molecule has 0 bridgehead atoms. The minimum atomic E-state index is -0.971. The number of ether oxygens (including phenoxy) is 2. The Labute approximate surface area is 144 Å². The van der Waals surface area contributed by atoms with Gasteiger partial charge in [-0.25, -0.2) is 9.78 Å². The van der Waals surface area contributed by atoms with Crippen molar-refractivity contribution in [2.24, 2.45) is 0 Å². The van der Waals surface area contributed by atoms with E-state index in [9.17, 15) is 9.59 Å². The number of amides is 1. The Balaban J connectivity index is 1.92. The molecule has 0 saturated carbocycles. The molecule has 126 valence electrons. The summed E-state index contributed by atoms with van der Waals surface area (Å²) < 4.78 is 10.5. The summed E-state index contributed by atoms with van der Waals surface area (Å²) in [5.74, 6) is -0.0871. The smallest absolute Gasteiger partial charge is 0.338 e. The van der Waals surface area contributed by atoms with Crippen LogP contribution in [0.25, 0.3) is 0 Å². The zero-order chi connectivity index (χ0) is 17.5. The highest BCUT2D eigenvalue weighted by Gasteiger charge is 2.19. The quantitative estimate of drug-likeness (QED) is 0.810. The van der Waals surface area contributed by atoms with E-state index in [1.807, 2.05) is 6.92 Å². The summed E-state index contributed by atoms with van der Waals surface area (Å²) in [5.41, 5.74) is 0.336. The number of nitrogens with one attached hydrogen (secondary N) is 1. The average Bonchev–Trinajstić information content (AvgIpc) is 2.57. The van der Waals surface area contributed by atoms with Gasteiger partial charge >= 0.3 is 5.97 Å². The van der Waals surface area contributed by atoms with Gasteiger partial charge in [0.15, 0.2) is 6.10 Å². The summed E-state index contributed by atoms with van der Waals surface area (Å²) in [6, 6.07) is 9.66. The van der Waals surface area contributed by atoms with Gasteiger partial charge in [-0.15, -0.1) is 0 Å². The number of aromatic nitrogens is 1. The predicted molar refractivity (Wildman–Crippen MR) is 90.4 cm³/mol. The van der Waals surface area contributed by atoms with Gasteiger partial charge in [0.1, 0.15) is 11.6 Å². The third-order valence-corrected chi connectivity index (χ3v) is 3.26. The number of benzene rings is 1. The van der Waals surface area contributed by atoms with E-state index in [1.54, 1.807) is 36.4 Å². The lowest BCUT2D eigenvalue weighted by molar-refractivity contribution is -0.123. The summed E-state index contributed by atoms with van der Waals surface area (Å²) in [6.45, 7) is 3.90. The first-order valence-corrected chi connectivity index (χ1v) is 7.73. The molecule has 0 saturated heterocycles. The molecule has 2 aromatic rings. The number of hydrogen-bond donors (Lipinski definition) is 1. The number of esters is 1. The average molecular weight is 349 g/mol. The highest BCUT2D eigenvalue weighted by Crippen LogP contribution is 2.14. The summed E-state index contributed by atoms with van der Waals surface area (Å²) in [5, 5.41) is 3.01. The largest absolute Gasteiger partial charge is 0.494 e. The van der Waals surface area contributed by atoms with E-state index in [2.05, 4.69) is 10.3 Å². The van der Waals surface area contributed by atoms with Crippen molar-refractivity contribution in [1.82, 2.24) is 4.98 Å². The second-order valence-electron chi connectivity index (χ2n) is 4.86. The third-order valence-electron chi connectivity index (χ3n) is 3.03. The number of pyridine rings is 1. The fraction of sp³-hybridized carbons (Fsp3) is 0.235. The fourth-order valence-electron chi connectivity index (χ4n) is 1.81. The van der Waals surface area contributed by atoms with Crippen molar-refractivity contribution >= 4 is 29.3 Å². The summed E-state index contributed by atoms with van der Waals surface area (Å²) in [6.07, 6.45) is 0.440. The van der Waals surface area contributed by atoms with Crippen molar-refractivity contribution in [3.8, 4) is 5.75 Å². The molecular formula is C17H17ClN2O4. The van der Waals surface area contributed by atoms with Crippen molar-refractivity contribution in [2.45, 2.75) is 20.0 Å². The van der Waals surface area contributed by atoms with Gasteiger partial charge in [-0.3, -0.25) is 4.79 Å². The molecule has 6 nitrogen and oxygen atoms in total. The third kappa shape index (κ3) is 4.96. The van der Waals surface area contributed by atoms with Crippen molar-refractivity contribution in [3.63, 3.8) is 0 Å². The van der Waals surface area contributed by atoms with Crippen molar-refractivity contribution in [2.75, 3.05) is 11.9 Å². The molecule has 1 aromatic heterocycles. The van der Waals surface area contributed by atoms with Crippen LogP contribution < -0.4 is 10.1 Å². The van der Waals surface area contributed by atoms with Crippen molar-refractivity contribution in [3.05, 3.63) is 53.2 Å². The van der Waals surface area contributed by atoms with Gasteiger partial charge in [0.2, 0.25) is 0 Å². The standard InChI is InChI=1S/C17H17ClN2O4/c1-3-23-14-7-4-12(5-8-14)17(22)24-11(2)16(21)20-15-9-6-13(18)10-19-15/h4-11H,3H2,1-2H3,(H,19,20,21)/t11-/m1/s1. The molecule has 0 aliphatic carbocycles. The van der Waals surface area contributed by atoms with E-state index in [0.717, 1.165) is 0 Å². The van der Waals surface area contributed by atoms with Crippen LogP contribution in [0.15, 0.2) is 42.6 Å². The van der Waals surface area contributed by atoms with Crippen LogP contribution in [0.5, 0.6) is 5.75 Å². The number of anilines is 1. The second-order valence-corrected chi connectivity index (χ2v) is 5.29. The zero-order valence-corrected chi connectivity index (χ0v) is 14.0. The van der Waals surface area contributed by atoms with E-state index in [-0.39, 0.29) is 0 Å². The molecule has 0 radical (unpaired) electrons. The van der Waals surface area contributed by atoms with Gasteiger partial charge in [-0.2, -0.15) is 0 Å². The van der Waals surface area contributed by atoms with Crippen LogP contribution in [0, 0.1) is 0 Å². The molecule has 2 rings (SSSR count). The Bertz CT molecular complexity index is 702.